The van der Waals surface area contributed by atoms with Gasteiger partial charge in [0.25, 0.3) is 11.8 Å². The second kappa shape index (κ2) is 9.43. The van der Waals surface area contributed by atoms with Gasteiger partial charge >= 0.3 is 6.09 Å². The van der Waals surface area contributed by atoms with Gasteiger partial charge in [-0.15, -0.1) is 0 Å². The smallest absolute Gasteiger partial charge is 0.413 e. The molecule has 0 N–H and O–H groups in total. The molecule has 2 aromatic carbocycles. The fraction of sp³-hybridized carbons (Fsp3) is 0.348. The summed E-state index contributed by atoms with van der Waals surface area (Å²) in [5, 5.41) is 0. The second-order valence-corrected chi connectivity index (χ2v) is 7.18. The quantitative estimate of drug-likeness (QED) is 0.778. The van der Waals surface area contributed by atoms with Crippen LogP contribution < -0.4 is 4.90 Å². The van der Waals surface area contributed by atoms with Gasteiger partial charge < -0.3 is 14.5 Å². The predicted octanol–water partition coefficient (Wildman–Crippen LogP) is 3.05. The first-order valence-electron chi connectivity index (χ1n) is 10.0. The maximum absolute atomic E-state index is 13.1. The summed E-state index contributed by atoms with van der Waals surface area (Å²) >= 11 is 0. The van der Waals surface area contributed by atoms with Crippen LogP contribution in [0.2, 0.25) is 0 Å². The molecule has 0 aromatic heterocycles. The van der Waals surface area contributed by atoms with Crippen LogP contribution in [0, 0.1) is 0 Å². The highest BCUT2D eigenvalue weighted by Gasteiger charge is 2.28. The molecule has 3 rings (SSSR count). The molecule has 158 valence electrons. The molecule has 1 fully saturated rings. The number of carbonyl (C=O) groups excluding carboxylic acids is 3. The molecular weight excluding hydrogens is 382 g/mol. The molecule has 30 heavy (non-hydrogen) atoms. The summed E-state index contributed by atoms with van der Waals surface area (Å²) in [6.45, 7) is 3.89. The number of amides is 3. The molecule has 1 aliphatic rings. The van der Waals surface area contributed by atoms with Crippen molar-refractivity contribution in [3.63, 3.8) is 0 Å². The average Bonchev–Trinajstić information content (AvgIpc) is 2.82. The van der Waals surface area contributed by atoms with Crippen LogP contribution in [0.25, 0.3) is 0 Å². The van der Waals surface area contributed by atoms with Crippen LogP contribution in [-0.4, -0.2) is 68.0 Å². The van der Waals surface area contributed by atoms with Crippen LogP contribution in [0.15, 0.2) is 48.5 Å². The maximum Gasteiger partial charge on any atom is 0.413 e. The lowest BCUT2D eigenvalue weighted by Crippen LogP contribution is -2.50. The molecular formula is C23H27N3O4. The molecule has 0 atom stereocenters. The van der Waals surface area contributed by atoms with Gasteiger partial charge in [0.15, 0.2) is 0 Å². The van der Waals surface area contributed by atoms with Gasteiger partial charge in [-0.1, -0.05) is 31.2 Å². The van der Waals surface area contributed by atoms with Gasteiger partial charge in [-0.05, 0) is 36.2 Å². The summed E-state index contributed by atoms with van der Waals surface area (Å²) in [4.78, 5) is 42.6. The molecule has 0 unspecified atom stereocenters. The van der Waals surface area contributed by atoms with Gasteiger partial charge in [0.05, 0.1) is 18.4 Å². The van der Waals surface area contributed by atoms with Crippen LogP contribution in [0.1, 0.15) is 33.2 Å². The van der Waals surface area contributed by atoms with E-state index < -0.39 is 6.09 Å². The number of anilines is 1. The van der Waals surface area contributed by atoms with Gasteiger partial charge in [0.1, 0.15) is 0 Å². The lowest BCUT2D eigenvalue weighted by Gasteiger charge is -2.35. The number of hydrogen-bond acceptors (Lipinski definition) is 4. The third kappa shape index (κ3) is 4.45. The molecule has 0 bridgehead atoms. The number of carbonyl (C=O) groups is 3. The molecule has 0 aliphatic carbocycles. The van der Waals surface area contributed by atoms with Gasteiger partial charge in [0, 0.05) is 38.8 Å². The number of rotatable bonds is 4. The van der Waals surface area contributed by atoms with Crippen LogP contribution in [-0.2, 0) is 11.2 Å². The van der Waals surface area contributed by atoms with Crippen molar-refractivity contribution < 1.29 is 19.1 Å². The monoisotopic (exact) mass is 409 g/mol. The summed E-state index contributed by atoms with van der Waals surface area (Å²) in [6, 6.07) is 14.6. The number of aryl methyl sites for hydroxylation is 1. The molecule has 2 aromatic rings. The summed E-state index contributed by atoms with van der Waals surface area (Å²) in [5.41, 5.74) is 2.78. The summed E-state index contributed by atoms with van der Waals surface area (Å²) in [6.07, 6.45) is 0.391. The summed E-state index contributed by atoms with van der Waals surface area (Å²) in [7, 11) is 2.87. The molecule has 0 radical (unpaired) electrons. The van der Waals surface area contributed by atoms with Crippen molar-refractivity contribution in [1.29, 1.82) is 0 Å². The zero-order valence-corrected chi connectivity index (χ0v) is 17.6. The molecule has 1 aliphatic heterocycles. The van der Waals surface area contributed by atoms with Crippen LogP contribution in [0.3, 0.4) is 0 Å². The van der Waals surface area contributed by atoms with Crippen LogP contribution in [0.4, 0.5) is 10.5 Å². The van der Waals surface area contributed by atoms with Crippen molar-refractivity contribution in [2.24, 2.45) is 0 Å². The Bertz CT molecular complexity index is 918. The molecule has 0 spiro atoms. The van der Waals surface area contributed by atoms with Gasteiger partial charge in [-0.3, -0.25) is 14.5 Å². The van der Waals surface area contributed by atoms with Gasteiger partial charge in [-0.25, -0.2) is 4.79 Å². The van der Waals surface area contributed by atoms with Crippen molar-refractivity contribution in [1.82, 2.24) is 9.80 Å². The van der Waals surface area contributed by atoms with Crippen molar-refractivity contribution in [2.75, 3.05) is 45.2 Å². The number of ether oxygens (including phenoxy) is 1. The van der Waals surface area contributed by atoms with Crippen LogP contribution >= 0.6 is 0 Å². The Morgan fingerprint density at radius 1 is 0.900 bits per heavy atom. The molecule has 7 nitrogen and oxygen atoms in total. The normalized spacial score (nSPS) is 13.7. The lowest BCUT2D eigenvalue weighted by atomic mass is 10.1. The minimum atomic E-state index is -0.542. The van der Waals surface area contributed by atoms with E-state index >= 15 is 0 Å². The lowest BCUT2D eigenvalue weighted by molar-refractivity contribution is 0.0536. The molecule has 3 amide bonds. The Kier molecular flexibility index (Phi) is 6.72. The molecule has 1 heterocycles. The fourth-order valence-corrected chi connectivity index (χ4v) is 3.53. The highest BCUT2D eigenvalue weighted by Crippen LogP contribution is 2.22. The minimum absolute atomic E-state index is 0.0180. The Labute approximate surface area is 176 Å². The third-order valence-corrected chi connectivity index (χ3v) is 5.41. The summed E-state index contributed by atoms with van der Waals surface area (Å²) < 4.78 is 4.76. The largest absolute Gasteiger partial charge is 0.452 e. The van der Waals surface area contributed by atoms with E-state index in [0.717, 1.165) is 6.42 Å². The highest BCUT2D eigenvalue weighted by atomic mass is 16.5. The van der Waals surface area contributed by atoms with E-state index in [1.807, 2.05) is 24.3 Å². The number of benzene rings is 2. The number of piperazine rings is 1. The predicted molar refractivity (Wildman–Crippen MR) is 115 cm³/mol. The first kappa shape index (κ1) is 21.4. The van der Waals surface area contributed by atoms with Crippen LogP contribution in [0.5, 0.6) is 0 Å². The van der Waals surface area contributed by atoms with Crippen molar-refractivity contribution in [3.8, 4) is 0 Å². The number of hydrogen-bond donors (Lipinski definition) is 0. The first-order valence-corrected chi connectivity index (χ1v) is 10.0. The molecule has 0 saturated carbocycles. The zero-order chi connectivity index (χ0) is 21.7. The first-order chi connectivity index (χ1) is 14.5. The SMILES string of the molecule is CCc1ccc(C(=O)N2CCN(C(=O)c3ccccc3N(C)C(=O)OC)CC2)cc1. The Balaban J connectivity index is 1.67. The summed E-state index contributed by atoms with van der Waals surface area (Å²) in [5.74, 6) is -0.184. The van der Waals surface area contributed by atoms with Crippen molar-refractivity contribution >= 4 is 23.6 Å². The van der Waals surface area contributed by atoms with E-state index in [1.54, 1.807) is 41.1 Å². The van der Waals surface area contributed by atoms with Crippen molar-refractivity contribution in [2.45, 2.75) is 13.3 Å². The zero-order valence-electron chi connectivity index (χ0n) is 17.6. The maximum atomic E-state index is 13.1. The Morgan fingerprint density at radius 2 is 1.47 bits per heavy atom. The number of para-hydroxylation sites is 1. The topological polar surface area (TPSA) is 70.2 Å². The van der Waals surface area contributed by atoms with E-state index in [9.17, 15) is 14.4 Å². The van der Waals surface area contributed by atoms with E-state index in [2.05, 4.69) is 6.92 Å². The Morgan fingerprint density at radius 3 is 2.03 bits per heavy atom. The number of methoxy groups -OCH3 is 1. The minimum Gasteiger partial charge on any atom is -0.452 e. The van der Waals surface area contributed by atoms with Gasteiger partial charge in [0.2, 0.25) is 0 Å². The third-order valence-electron chi connectivity index (χ3n) is 5.41. The van der Waals surface area contributed by atoms with E-state index in [0.29, 0.717) is 43.0 Å². The standard InChI is InChI=1S/C23H27N3O4/c1-4-17-9-11-18(12-10-17)21(27)25-13-15-26(16-14-25)22(28)19-7-5-6-8-20(19)24(2)23(29)30-3/h5-12H,4,13-16H2,1-3H3. The Hall–Kier alpha value is -3.35. The van der Waals surface area contributed by atoms with Crippen molar-refractivity contribution in [3.05, 3.63) is 65.2 Å². The molecule has 1 saturated heterocycles. The van der Waals surface area contributed by atoms with E-state index in [1.165, 1.54) is 17.6 Å². The number of nitrogens with zero attached hydrogens (tertiary/aromatic N) is 3. The molecule has 7 heteroatoms. The van der Waals surface area contributed by atoms with E-state index in [4.69, 9.17) is 4.74 Å². The fourth-order valence-electron chi connectivity index (χ4n) is 3.53. The second-order valence-electron chi connectivity index (χ2n) is 7.18. The van der Waals surface area contributed by atoms with Gasteiger partial charge in [-0.2, -0.15) is 0 Å². The average molecular weight is 409 g/mol. The highest BCUT2D eigenvalue weighted by molar-refractivity contribution is 6.03. The van der Waals surface area contributed by atoms with E-state index in [-0.39, 0.29) is 11.8 Å².